The molecular formula is C17H24. The van der Waals surface area contributed by atoms with Gasteiger partial charge in [0.15, 0.2) is 0 Å². The van der Waals surface area contributed by atoms with Crippen LogP contribution in [-0.2, 0) is 6.42 Å². The molecule has 0 nitrogen and oxygen atoms in total. The van der Waals surface area contributed by atoms with Crippen LogP contribution in [0.5, 0.6) is 0 Å². The molecule has 0 heteroatoms. The summed E-state index contributed by atoms with van der Waals surface area (Å²) in [5, 5.41) is 0. The Morgan fingerprint density at radius 1 is 1.06 bits per heavy atom. The molecule has 92 valence electrons. The zero-order valence-corrected chi connectivity index (χ0v) is 10.8. The van der Waals surface area contributed by atoms with Crippen LogP contribution >= 0.6 is 0 Å². The van der Waals surface area contributed by atoms with E-state index in [-0.39, 0.29) is 0 Å². The Hall–Kier alpha value is -1.04. The van der Waals surface area contributed by atoms with Crippen LogP contribution in [-0.4, -0.2) is 0 Å². The van der Waals surface area contributed by atoms with E-state index >= 15 is 0 Å². The van der Waals surface area contributed by atoms with Gasteiger partial charge in [-0.2, -0.15) is 0 Å². The number of hydrogen-bond acceptors (Lipinski definition) is 0. The standard InChI is InChI=1S/C17H24/c1-2-12-17(13-7-4-8-14-17)15-11-16-9-5-3-6-10-16/h2-3,5-6,9-10H,1,4,7-8,11-15H2. The van der Waals surface area contributed by atoms with Crippen molar-refractivity contribution in [1.29, 1.82) is 0 Å². The SMILES string of the molecule is C=CCC1(CCc2ccccc2)CCCCC1. The Bertz CT molecular complexity index is 330. The minimum Gasteiger partial charge on any atom is -0.103 e. The summed E-state index contributed by atoms with van der Waals surface area (Å²) in [6.07, 6.45) is 13.0. The Balaban J connectivity index is 1.95. The molecule has 1 saturated carbocycles. The van der Waals surface area contributed by atoms with Crippen LogP contribution in [0.25, 0.3) is 0 Å². The molecule has 1 aliphatic rings. The summed E-state index contributed by atoms with van der Waals surface area (Å²) in [6, 6.07) is 10.9. The maximum atomic E-state index is 3.95. The summed E-state index contributed by atoms with van der Waals surface area (Å²) < 4.78 is 0. The van der Waals surface area contributed by atoms with Gasteiger partial charge in [-0.1, -0.05) is 55.7 Å². The third kappa shape index (κ3) is 3.46. The third-order valence-electron chi connectivity index (χ3n) is 4.28. The lowest BCUT2D eigenvalue weighted by atomic mass is 9.69. The molecular weight excluding hydrogens is 204 g/mol. The van der Waals surface area contributed by atoms with Crippen molar-refractivity contribution >= 4 is 0 Å². The molecule has 0 spiro atoms. The predicted molar refractivity (Wildman–Crippen MR) is 75.1 cm³/mol. The Morgan fingerprint density at radius 2 is 1.76 bits per heavy atom. The Labute approximate surface area is 106 Å². The van der Waals surface area contributed by atoms with E-state index in [1.807, 2.05) is 0 Å². The normalized spacial score (nSPS) is 18.8. The van der Waals surface area contributed by atoms with E-state index in [0.717, 1.165) is 0 Å². The molecule has 0 N–H and O–H groups in total. The van der Waals surface area contributed by atoms with Crippen LogP contribution in [0.3, 0.4) is 0 Å². The van der Waals surface area contributed by atoms with Crippen molar-refractivity contribution in [2.75, 3.05) is 0 Å². The van der Waals surface area contributed by atoms with Gasteiger partial charge in [-0.3, -0.25) is 0 Å². The molecule has 17 heavy (non-hydrogen) atoms. The molecule has 1 fully saturated rings. The van der Waals surface area contributed by atoms with Gasteiger partial charge in [0.2, 0.25) is 0 Å². The van der Waals surface area contributed by atoms with Crippen molar-refractivity contribution in [1.82, 2.24) is 0 Å². The summed E-state index contributed by atoms with van der Waals surface area (Å²) in [5.41, 5.74) is 2.05. The summed E-state index contributed by atoms with van der Waals surface area (Å²) in [6.45, 7) is 3.95. The first-order valence-electron chi connectivity index (χ1n) is 6.99. The minimum absolute atomic E-state index is 0.565. The van der Waals surface area contributed by atoms with Gasteiger partial charge in [-0.25, -0.2) is 0 Å². The highest BCUT2D eigenvalue weighted by atomic mass is 14.3. The molecule has 0 saturated heterocycles. The van der Waals surface area contributed by atoms with E-state index in [1.54, 1.807) is 0 Å². The van der Waals surface area contributed by atoms with Crippen molar-refractivity contribution in [3.05, 3.63) is 48.6 Å². The topological polar surface area (TPSA) is 0 Å². The van der Waals surface area contributed by atoms with Crippen molar-refractivity contribution in [2.24, 2.45) is 5.41 Å². The molecule has 0 atom stereocenters. The molecule has 0 bridgehead atoms. The van der Waals surface area contributed by atoms with E-state index in [0.29, 0.717) is 5.41 Å². The second-order valence-corrected chi connectivity index (χ2v) is 5.54. The van der Waals surface area contributed by atoms with Gasteiger partial charge >= 0.3 is 0 Å². The molecule has 0 aromatic heterocycles. The van der Waals surface area contributed by atoms with E-state index in [9.17, 15) is 0 Å². The number of benzene rings is 1. The fourth-order valence-corrected chi connectivity index (χ4v) is 3.22. The van der Waals surface area contributed by atoms with Crippen LogP contribution in [0, 0.1) is 5.41 Å². The molecule has 0 heterocycles. The highest BCUT2D eigenvalue weighted by Gasteiger charge is 2.30. The maximum absolute atomic E-state index is 3.95. The lowest BCUT2D eigenvalue weighted by Crippen LogP contribution is -2.24. The molecule has 0 amide bonds. The van der Waals surface area contributed by atoms with Crippen LogP contribution in [0.1, 0.15) is 50.5 Å². The predicted octanol–water partition coefficient (Wildman–Crippen LogP) is 5.15. The molecule has 1 aromatic rings. The molecule has 2 rings (SSSR count). The van der Waals surface area contributed by atoms with Crippen LogP contribution in [0.4, 0.5) is 0 Å². The monoisotopic (exact) mass is 228 g/mol. The number of rotatable bonds is 5. The van der Waals surface area contributed by atoms with Gasteiger partial charge in [0.25, 0.3) is 0 Å². The van der Waals surface area contributed by atoms with Gasteiger partial charge in [-0.05, 0) is 43.1 Å². The highest BCUT2D eigenvalue weighted by molar-refractivity contribution is 5.15. The first kappa shape index (κ1) is 12.4. The lowest BCUT2D eigenvalue weighted by molar-refractivity contribution is 0.176. The van der Waals surface area contributed by atoms with Gasteiger partial charge in [0.05, 0.1) is 0 Å². The van der Waals surface area contributed by atoms with Crippen LogP contribution < -0.4 is 0 Å². The van der Waals surface area contributed by atoms with Crippen LogP contribution in [0.15, 0.2) is 43.0 Å². The summed E-state index contributed by atoms with van der Waals surface area (Å²) in [4.78, 5) is 0. The number of aryl methyl sites for hydroxylation is 1. The maximum Gasteiger partial charge on any atom is -0.0260 e. The van der Waals surface area contributed by atoms with Crippen molar-refractivity contribution in [3.63, 3.8) is 0 Å². The minimum atomic E-state index is 0.565. The molecule has 0 radical (unpaired) electrons. The van der Waals surface area contributed by atoms with E-state index in [1.165, 1.54) is 56.9 Å². The molecule has 1 aromatic carbocycles. The molecule has 0 unspecified atom stereocenters. The van der Waals surface area contributed by atoms with Gasteiger partial charge in [-0.15, -0.1) is 6.58 Å². The van der Waals surface area contributed by atoms with Crippen molar-refractivity contribution in [3.8, 4) is 0 Å². The highest BCUT2D eigenvalue weighted by Crippen LogP contribution is 2.43. The van der Waals surface area contributed by atoms with Crippen molar-refractivity contribution < 1.29 is 0 Å². The molecule has 1 aliphatic carbocycles. The summed E-state index contributed by atoms with van der Waals surface area (Å²) in [7, 11) is 0. The zero-order chi connectivity index (χ0) is 12.0. The first-order chi connectivity index (χ1) is 8.35. The average molecular weight is 228 g/mol. The number of hydrogen-bond donors (Lipinski definition) is 0. The third-order valence-corrected chi connectivity index (χ3v) is 4.28. The van der Waals surface area contributed by atoms with Gasteiger partial charge in [0.1, 0.15) is 0 Å². The van der Waals surface area contributed by atoms with E-state index in [4.69, 9.17) is 0 Å². The first-order valence-corrected chi connectivity index (χ1v) is 6.99. The number of allylic oxidation sites excluding steroid dienone is 1. The van der Waals surface area contributed by atoms with Crippen LogP contribution in [0.2, 0.25) is 0 Å². The van der Waals surface area contributed by atoms with Gasteiger partial charge in [0, 0.05) is 0 Å². The summed E-state index contributed by atoms with van der Waals surface area (Å²) >= 11 is 0. The van der Waals surface area contributed by atoms with Crippen molar-refractivity contribution in [2.45, 2.75) is 51.4 Å². The van der Waals surface area contributed by atoms with E-state index in [2.05, 4.69) is 43.0 Å². The smallest absolute Gasteiger partial charge is 0.0260 e. The Morgan fingerprint density at radius 3 is 2.41 bits per heavy atom. The Kier molecular flexibility index (Phi) is 4.42. The summed E-state index contributed by atoms with van der Waals surface area (Å²) in [5.74, 6) is 0. The lowest BCUT2D eigenvalue weighted by Gasteiger charge is -2.37. The second-order valence-electron chi connectivity index (χ2n) is 5.54. The fraction of sp³-hybridized carbons (Fsp3) is 0.529. The quantitative estimate of drug-likeness (QED) is 0.612. The van der Waals surface area contributed by atoms with E-state index < -0.39 is 0 Å². The largest absolute Gasteiger partial charge is 0.103 e. The average Bonchev–Trinajstić information content (AvgIpc) is 2.39. The fourth-order valence-electron chi connectivity index (χ4n) is 3.22. The van der Waals surface area contributed by atoms with Gasteiger partial charge < -0.3 is 0 Å². The zero-order valence-electron chi connectivity index (χ0n) is 10.8. The second kappa shape index (κ2) is 6.05. The molecule has 0 aliphatic heterocycles.